The third kappa shape index (κ3) is 3.35. The molecule has 0 aliphatic carbocycles. The predicted molar refractivity (Wildman–Crippen MR) is 78.8 cm³/mol. The van der Waals surface area contributed by atoms with Crippen molar-refractivity contribution in [1.82, 2.24) is 0 Å². The van der Waals surface area contributed by atoms with E-state index in [-0.39, 0.29) is 22.8 Å². The molecule has 1 aliphatic rings. The van der Waals surface area contributed by atoms with Crippen molar-refractivity contribution in [3.05, 3.63) is 28.3 Å². The molecule has 0 radical (unpaired) electrons. The van der Waals surface area contributed by atoms with Gasteiger partial charge in [-0.25, -0.2) is 8.42 Å². The van der Waals surface area contributed by atoms with E-state index < -0.39 is 26.6 Å². The summed E-state index contributed by atoms with van der Waals surface area (Å²) in [5, 5.41) is 20.3. The van der Waals surface area contributed by atoms with Gasteiger partial charge in [-0.3, -0.25) is 14.9 Å². The highest BCUT2D eigenvalue weighted by Crippen LogP contribution is 2.33. The van der Waals surface area contributed by atoms with Crippen LogP contribution >= 0.6 is 0 Å². The van der Waals surface area contributed by atoms with Gasteiger partial charge in [-0.1, -0.05) is 0 Å². The van der Waals surface area contributed by atoms with E-state index in [2.05, 4.69) is 0 Å². The summed E-state index contributed by atoms with van der Waals surface area (Å²) in [6.45, 7) is 0.678. The third-order valence-electron chi connectivity index (χ3n) is 3.68. The molecule has 0 aromatic heterocycles. The number of hydrogen-bond donors (Lipinski definition) is 1. The Kier molecular flexibility index (Phi) is 4.36. The fraction of sp³-hybridized carbons (Fsp3) is 0.462. The van der Waals surface area contributed by atoms with Gasteiger partial charge in [-0.15, -0.1) is 0 Å². The summed E-state index contributed by atoms with van der Waals surface area (Å²) in [7, 11) is -3.55. The lowest BCUT2D eigenvalue weighted by molar-refractivity contribution is -0.384. The maximum atomic E-state index is 11.5. The van der Waals surface area contributed by atoms with Crippen LogP contribution in [0.4, 0.5) is 11.4 Å². The van der Waals surface area contributed by atoms with Crippen molar-refractivity contribution in [2.24, 2.45) is 5.92 Å². The molecule has 9 heteroatoms. The average Bonchev–Trinajstić information content (AvgIpc) is 2.45. The molecule has 1 aliphatic heterocycles. The Labute approximate surface area is 127 Å². The molecule has 120 valence electrons. The predicted octanol–water partition coefficient (Wildman–Crippen LogP) is 1.30. The first-order chi connectivity index (χ1) is 10.2. The molecule has 0 amide bonds. The highest BCUT2D eigenvalue weighted by atomic mass is 32.2. The number of nitro benzene ring substituents is 1. The van der Waals surface area contributed by atoms with Crippen LogP contribution in [-0.4, -0.2) is 43.8 Å². The van der Waals surface area contributed by atoms with Crippen LogP contribution in [0.3, 0.4) is 0 Å². The average molecular weight is 328 g/mol. The molecule has 22 heavy (non-hydrogen) atoms. The minimum absolute atomic E-state index is 0.130. The minimum Gasteiger partial charge on any atom is -0.481 e. The zero-order valence-corrected chi connectivity index (χ0v) is 12.7. The summed E-state index contributed by atoms with van der Waals surface area (Å²) >= 11 is 0. The number of aliphatic carboxylic acids is 1. The first-order valence-corrected chi connectivity index (χ1v) is 8.55. The van der Waals surface area contributed by atoms with E-state index in [0.29, 0.717) is 19.4 Å². The van der Waals surface area contributed by atoms with Gasteiger partial charge in [-0.2, -0.15) is 0 Å². The molecular formula is C13H16N2O6S. The monoisotopic (exact) mass is 328 g/mol. The Morgan fingerprint density at radius 1 is 1.45 bits per heavy atom. The number of sulfone groups is 1. The summed E-state index contributed by atoms with van der Waals surface area (Å²) in [4.78, 5) is 23.2. The number of nitro groups is 1. The molecule has 0 bridgehead atoms. The second-order valence-corrected chi connectivity index (χ2v) is 7.32. The maximum absolute atomic E-state index is 11.5. The van der Waals surface area contributed by atoms with Crippen LogP contribution in [-0.2, 0) is 14.6 Å². The number of benzene rings is 1. The Morgan fingerprint density at radius 2 is 2.14 bits per heavy atom. The van der Waals surface area contributed by atoms with Crippen molar-refractivity contribution in [3.63, 3.8) is 0 Å². The SMILES string of the molecule is CS(=O)(=O)c1ccc(N2CCC[C@@H](C(=O)O)C2)c([N+](=O)[O-])c1. The van der Waals surface area contributed by atoms with Crippen LogP contribution in [0.1, 0.15) is 12.8 Å². The fourth-order valence-corrected chi connectivity index (χ4v) is 3.19. The summed E-state index contributed by atoms with van der Waals surface area (Å²) in [6, 6.07) is 3.70. The number of carboxylic acids is 1. The second-order valence-electron chi connectivity index (χ2n) is 5.30. The van der Waals surface area contributed by atoms with E-state index >= 15 is 0 Å². The van der Waals surface area contributed by atoms with Crippen LogP contribution in [0.5, 0.6) is 0 Å². The fourth-order valence-electron chi connectivity index (χ4n) is 2.55. The Bertz CT molecular complexity index is 715. The van der Waals surface area contributed by atoms with Gasteiger partial charge in [0.1, 0.15) is 5.69 Å². The quantitative estimate of drug-likeness (QED) is 0.653. The Morgan fingerprint density at radius 3 is 2.68 bits per heavy atom. The van der Waals surface area contributed by atoms with Crippen LogP contribution < -0.4 is 4.90 Å². The molecule has 1 fully saturated rings. The van der Waals surface area contributed by atoms with Crippen LogP contribution in [0.15, 0.2) is 23.1 Å². The van der Waals surface area contributed by atoms with Crippen molar-refractivity contribution >= 4 is 27.2 Å². The molecule has 0 unspecified atom stereocenters. The molecule has 1 saturated heterocycles. The van der Waals surface area contributed by atoms with Crippen LogP contribution in [0, 0.1) is 16.0 Å². The van der Waals surface area contributed by atoms with E-state index in [1.54, 1.807) is 4.90 Å². The van der Waals surface area contributed by atoms with Gasteiger partial charge in [0.15, 0.2) is 9.84 Å². The van der Waals surface area contributed by atoms with E-state index in [0.717, 1.165) is 12.3 Å². The highest BCUT2D eigenvalue weighted by molar-refractivity contribution is 7.90. The lowest BCUT2D eigenvalue weighted by Gasteiger charge is -2.32. The van der Waals surface area contributed by atoms with Crippen LogP contribution in [0.2, 0.25) is 0 Å². The molecule has 1 aromatic carbocycles. The van der Waals surface area contributed by atoms with Gasteiger partial charge in [0.2, 0.25) is 0 Å². The highest BCUT2D eigenvalue weighted by Gasteiger charge is 2.29. The largest absolute Gasteiger partial charge is 0.481 e. The molecule has 0 spiro atoms. The molecule has 1 N–H and O–H groups in total. The minimum atomic E-state index is -3.55. The summed E-state index contributed by atoms with van der Waals surface area (Å²) < 4.78 is 23.0. The summed E-state index contributed by atoms with van der Waals surface area (Å²) in [5.74, 6) is -1.51. The van der Waals surface area contributed by atoms with Crippen molar-refractivity contribution in [1.29, 1.82) is 0 Å². The standard InChI is InChI=1S/C13H16N2O6S/c1-22(20,21)10-4-5-11(12(7-10)15(18)19)14-6-2-3-9(8-14)13(16)17/h4-5,7,9H,2-3,6,8H2,1H3,(H,16,17)/t9-/m1/s1. The van der Waals surface area contributed by atoms with E-state index in [1.165, 1.54) is 12.1 Å². The van der Waals surface area contributed by atoms with Gasteiger partial charge in [0.05, 0.1) is 15.7 Å². The molecule has 1 aromatic rings. The Hall–Kier alpha value is -2.16. The summed E-state index contributed by atoms with van der Waals surface area (Å²) in [5.41, 5.74) is -0.0719. The number of carboxylic acid groups (broad SMARTS) is 1. The van der Waals surface area contributed by atoms with E-state index in [4.69, 9.17) is 5.11 Å². The number of piperidine rings is 1. The van der Waals surface area contributed by atoms with Gasteiger partial charge in [0, 0.05) is 25.4 Å². The molecule has 2 rings (SSSR count). The Balaban J connectivity index is 2.42. The number of carbonyl (C=O) groups is 1. The smallest absolute Gasteiger partial charge is 0.308 e. The third-order valence-corrected chi connectivity index (χ3v) is 4.79. The van der Waals surface area contributed by atoms with Crippen molar-refractivity contribution in [3.8, 4) is 0 Å². The zero-order chi connectivity index (χ0) is 16.5. The van der Waals surface area contributed by atoms with Gasteiger partial charge >= 0.3 is 5.97 Å². The number of nitrogens with zero attached hydrogens (tertiary/aromatic N) is 2. The van der Waals surface area contributed by atoms with Gasteiger partial charge in [0.25, 0.3) is 5.69 Å². The van der Waals surface area contributed by atoms with E-state index in [9.17, 15) is 23.3 Å². The number of rotatable bonds is 4. The van der Waals surface area contributed by atoms with Crippen molar-refractivity contribution in [2.45, 2.75) is 17.7 Å². The molecular weight excluding hydrogens is 312 g/mol. The van der Waals surface area contributed by atoms with Gasteiger partial charge < -0.3 is 10.0 Å². The van der Waals surface area contributed by atoms with Gasteiger partial charge in [-0.05, 0) is 25.0 Å². The second kappa shape index (κ2) is 5.91. The first-order valence-electron chi connectivity index (χ1n) is 6.66. The summed E-state index contributed by atoms with van der Waals surface area (Å²) in [6.07, 6.45) is 2.12. The zero-order valence-electron chi connectivity index (χ0n) is 11.9. The molecule has 0 saturated carbocycles. The number of hydrogen-bond acceptors (Lipinski definition) is 6. The van der Waals surface area contributed by atoms with Crippen molar-refractivity contribution < 1.29 is 23.2 Å². The molecule has 1 atom stereocenters. The van der Waals surface area contributed by atoms with Crippen molar-refractivity contribution in [2.75, 3.05) is 24.2 Å². The van der Waals surface area contributed by atoms with E-state index in [1.807, 2.05) is 0 Å². The molecule has 1 heterocycles. The molecule has 8 nitrogen and oxygen atoms in total. The lowest BCUT2D eigenvalue weighted by atomic mass is 9.97. The number of anilines is 1. The maximum Gasteiger partial charge on any atom is 0.308 e. The lowest BCUT2D eigenvalue weighted by Crippen LogP contribution is -2.39. The van der Waals surface area contributed by atoms with Crippen LogP contribution in [0.25, 0.3) is 0 Å². The normalized spacial score (nSPS) is 19.0. The first kappa shape index (κ1) is 16.2. The topological polar surface area (TPSA) is 118 Å².